The zero-order valence-corrected chi connectivity index (χ0v) is 20.2. The third-order valence-electron chi connectivity index (χ3n) is 6.57. The maximum atomic E-state index is 13.4. The molecule has 3 aromatic rings. The highest BCUT2D eigenvalue weighted by atomic mass is 16.5. The van der Waals surface area contributed by atoms with Crippen molar-refractivity contribution in [2.24, 2.45) is 0 Å². The molecule has 2 atom stereocenters. The second-order valence-corrected chi connectivity index (χ2v) is 8.65. The first-order chi connectivity index (χ1) is 17.9. The van der Waals surface area contributed by atoms with Crippen LogP contribution in [0.25, 0.3) is 0 Å². The number of carbonyl (C=O) groups is 4. The normalized spacial score (nSPS) is 18.4. The Morgan fingerprint density at radius 1 is 0.838 bits per heavy atom. The Kier molecular flexibility index (Phi) is 6.35. The number of rotatable bonds is 8. The molecular weight excluding hydrogens is 476 g/mol. The van der Waals surface area contributed by atoms with Gasteiger partial charge in [-0.3, -0.25) is 19.3 Å². The van der Waals surface area contributed by atoms with Gasteiger partial charge in [0.2, 0.25) is 5.91 Å². The summed E-state index contributed by atoms with van der Waals surface area (Å²) in [4.78, 5) is 55.2. The van der Waals surface area contributed by atoms with Gasteiger partial charge in [0.1, 0.15) is 18.1 Å². The van der Waals surface area contributed by atoms with Crippen LogP contribution < -0.4 is 9.47 Å². The molecule has 188 valence electrons. The Morgan fingerprint density at radius 3 is 2.11 bits per heavy atom. The lowest BCUT2D eigenvalue weighted by Gasteiger charge is -2.47. The molecule has 0 unspecified atom stereocenters. The Labute approximate surface area is 213 Å². The summed E-state index contributed by atoms with van der Waals surface area (Å²) in [6, 6.07) is 18.1. The van der Waals surface area contributed by atoms with Gasteiger partial charge in [-0.15, -0.1) is 0 Å². The van der Waals surface area contributed by atoms with Gasteiger partial charge in [-0.25, -0.2) is 4.79 Å². The van der Waals surface area contributed by atoms with Crippen LogP contribution in [-0.4, -0.2) is 59.8 Å². The highest BCUT2D eigenvalue weighted by Gasteiger charge is 2.59. The summed E-state index contributed by atoms with van der Waals surface area (Å²) in [5, 5.41) is 0. The number of esters is 1. The molecule has 2 heterocycles. The SMILES string of the molecule is COc1ccc(CN2C(=O)[C@@H](N3C(=O)c4ccccc4C3=O)[C@H]2C(=O)OCc2ccccc2)c(OC)c1. The van der Waals surface area contributed by atoms with Crippen molar-refractivity contribution in [2.45, 2.75) is 25.2 Å². The summed E-state index contributed by atoms with van der Waals surface area (Å²) < 4.78 is 16.2. The van der Waals surface area contributed by atoms with Gasteiger partial charge in [0.25, 0.3) is 11.8 Å². The first-order valence-electron chi connectivity index (χ1n) is 11.6. The highest BCUT2D eigenvalue weighted by Crippen LogP contribution is 2.36. The van der Waals surface area contributed by atoms with Crippen molar-refractivity contribution in [1.82, 2.24) is 9.80 Å². The number of imide groups is 1. The first kappa shape index (κ1) is 24.1. The number of benzene rings is 3. The van der Waals surface area contributed by atoms with Crippen LogP contribution in [0.1, 0.15) is 31.8 Å². The molecule has 0 aliphatic carbocycles. The second-order valence-electron chi connectivity index (χ2n) is 8.65. The van der Waals surface area contributed by atoms with E-state index in [4.69, 9.17) is 14.2 Å². The van der Waals surface area contributed by atoms with E-state index in [1.807, 2.05) is 18.2 Å². The van der Waals surface area contributed by atoms with E-state index in [9.17, 15) is 19.2 Å². The number of carbonyl (C=O) groups excluding carboxylic acids is 4. The topological polar surface area (TPSA) is 102 Å². The standard InChI is InChI=1S/C28H24N2O7/c1-35-19-13-12-18(22(14-19)36-2)15-29-24(28(34)37-16-17-8-4-3-5-9-17)23(27(29)33)30-25(31)20-10-6-7-11-21(20)26(30)32/h3-14,23-24H,15-16H2,1-2H3/t23-,24-/m0/s1. The minimum atomic E-state index is -1.31. The Hall–Kier alpha value is -4.66. The van der Waals surface area contributed by atoms with Gasteiger partial charge in [-0.2, -0.15) is 0 Å². The van der Waals surface area contributed by atoms with E-state index in [1.165, 1.54) is 31.3 Å². The molecule has 1 fully saturated rings. The minimum absolute atomic E-state index is 0.0107. The maximum Gasteiger partial charge on any atom is 0.331 e. The summed E-state index contributed by atoms with van der Waals surface area (Å²) in [6.45, 7) is -0.00429. The molecule has 9 heteroatoms. The number of fused-ring (bicyclic) bond motifs is 1. The van der Waals surface area contributed by atoms with Crippen LogP contribution in [0.5, 0.6) is 11.5 Å². The average molecular weight is 501 g/mol. The van der Waals surface area contributed by atoms with E-state index in [0.717, 1.165) is 10.5 Å². The van der Waals surface area contributed by atoms with Crippen molar-refractivity contribution in [2.75, 3.05) is 14.2 Å². The summed E-state index contributed by atoms with van der Waals surface area (Å²) in [6.07, 6.45) is 0. The number of β-lactam (4-membered cyclic amide) rings is 1. The van der Waals surface area contributed by atoms with Gasteiger partial charge >= 0.3 is 5.97 Å². The highest BCUT2D eigenvalue weighted by molar-refractivity contribution is 6.24. The van der Waals surface area contributed by atoms with E-state index in [2.05, 4.69) is 0 Å². The number of amides is 3. The zero-order valence-electron chi connectivity index (χ0n) is 20.2. The van der Waals surface area contributed by atoms with Crippen LogP contribution in [0, 0.1) is 0 Å². The van der Waals surface area contributed by atoms with Crippen LogP contribution in [0.15, 0.2) is 72.8 Å². The maximum absolute atomic E-state index is 13.4. The predicted octanol–water partition coefficient (Wildman–Crippen LogP) is 2.82. The van der Waals surface area contributed by atoms with Crippen molar-refractivity contribution in [3.05, 3.63) is 95.1 Å². The molecule has 5 rings (SSSR count). The number of hydrogen-bond donors (Lipinski definition) is 0. The average Bonchev–Trinajstić information content (AvgIpc) is 3.18. The third kappa shape index (κ3) is 4.18. The molecule has 9 nitrogen and oxygen atoms in total. The minimum Gasteiger partial charge on any atom is -0.497 e. The monoisotopic (exact) mass is 500 g/mol. The fourth-order valence-corrected chi connectivity index (χ4v) is 4.65. The lowest BCUT2D eigenvalue weighted by atomic mass is 9.92. The molecule has 2 aliphatic rings. The van der Waals surface area contributed by atoms with Crippen molar-refractivity contribution in [3.63, 3.8) is 0 Å². The predicted molar refractivity (Wildman–Crippen MR) is 131 cm³/mol. The fraction of sp³-hybridized carbons (Fsp3) is 0.214. The van der Waals surface area contributed by atoms with E-state index in [-0.39, 0.29) is 24.3 Å². The number of nitrogens with zero attached hydrogens (tertiary/aromatic N) is 2. The summed E-state index contributed by atoms with van der Waals surface area (Å²) >= 11 is 0. The van der Waals surface area contributed by atoms with Gasteiger partial charge in [0, 0.05) is 11.6 Å². The molecule has 0 aromatic heterocycles. The number of methoxy groups -OCH3 is 2. The van der Waals surface area contributed by atoms with Gasteiger partial charge in [-0.05, 0) is 29.8 Å². The Balaban J connectivity index is 1.44. The molecule has 0 bridgehead atoms. The molecule has 3 amide bonds. The van der Waals surface area contributed by atoms with Gasteiger partial charge in [-0.1, -0.05) is 42.5 Å². The van der Waals surface area contributed by atoms with Gasteiger partial charge in [0.15, 0.2) is 12.1 Å². The van der Waals surface area contributed by atoms with E-state index < -0.39 is 35.8 Å². The number of likely N-dealkylation sites (tertiary alicyclic amines) is 1. The summed E-state index contributed by atoms with van der Waals surface area (Å²) in [5.41, 5.74) is 1.79. The van der Waals surface area contributed by atoms with Crippen LogP contribution in [0.3, 0.4) is 0 Å². The van der Waals surface area contributed by atoms with Crippen molar-refractivity contribution in [1.29, 1.82) is 0 Å². The molecule has 0 saturated carbocycles. The van der Waals surface area contributed by atoms with Crippen molar-refractivity contribution < 1.29 is 33.4 Å². The molecule has 1 saturated heterocycles. The van der Waals surface area contributed by atoms with Crippen molar-refractivity contribution in [3.8, 4) is 11.5 Å². The van der Waals surface area contributed by atoms with E-state index in [0.29, 0.717) is 17.1 Å². The third-order valence-corrected chi connectivity index (χ3v) is 6.57. The van der Waals surface area contributed by atoms with Crippen LogP contribution in [0.4, 0.5) is 0 Å². The smallest absolute Gasteiger partial charge is 0.331 e. The van der Waals surface area contributed by atoms with E-state index >= 15 is 0 Å². The molecule has 2 aliphatic heterocycles. The van der Waals surface area contributed by atoms with Crippen LogP contribution in [0.2, 0.25) is 0 Å². The lowest BCUT2D eigenvalue weighted by molar-refractivity contribution is -0.175. The largest absolute Gasteiger partial charge is 0.497 e. The summed E-state index contributed by atoms with van der Waals surface area (Å²) in [7, 11) is 3.02. The fourth-order valence-electron chi connectivity index (χ4n) is 4.65. The molecule has 0 radical (unpaired) electrons. The van der Waals surface area contributed by atoms with Crippen molar-refractivity contribution >= 4 is 23.7 Å². The summed E-state index contributed by atoms with van der Waals surface area (Å²) in [5.74, 6) is -1.43. The Morgan fingerprint density at radius 2 is 1.49 bits per heavy atom. The van der Waals surface area contributed by atoms with Gasteiger partial charge < -0.3 is 19.1 Å². The van der Waals surface area contributed by atoms with Crippen LogP contribution >= 0.6 is 0 Å². The lowest BCUT2D eigenvalue weighted by Crippen LogP contribution is -2.73. The molecular formula is C28H24N2O7. The quantitative estimate of drug-likeness (QED) is 0.266. The first-order valence-corrected chi connectivity index (χ1v) is 11.6. The zero-order chi connectivity index (χ0) is 26.1. The molecule has 0 N–H and O–H groups in total. The molecule has 0 spiro atoms. The Bertz CT molecular complexity index is 1350. The second kappa shape index (κ2) is 9.77. The molecule has 3 aromatic carbocycles. The number of ether oxygens (including phenoxy) is 3. The van der Waals surface area contributed by atoms with Gasteiger partial charge in [0.05, 0.1) is 31.9 Å². The van der Waals surface area contributed by atoms with E-state index in [1.54, 1.807) is 42.5 Å². The number of hydrogen-bond acceptors (Lipinski definition) is 7. The van der Waals surface area contributed by atoms with Crippen LogP contribution in [-0.2, 0) is 27.5 Å². The molecule has 37 heavy (non-hydrogen) atoms.